The highest BCUT2D eigenvalue weighted by Crippen LogP contribution is 2.62. The number of aromatic hydroxyl groups is 1. The Morgan fingerprint density at radius 1 is 1.15 bits per heavy atom. The zero-order valence-electron chi connectivity index (χ0n) is 19.3. The van der Waals surface area contributed by atoms with Crippen molar-refractivity contribution in [3.63, 3.8) is 0 Å². The van der Waals surface area contributed by atoms with Crippen LogP contribution >= 0.6 is 0 Å². The molecule has 0 aromatic heterocycles. The monoisotopic (exact) mass is 466 g/mol. The summed E-state index contributed by atoms with van der Waals surface area (Å²) < 4.78 is 39.0. The first-order valence-corrected chi connectivity index (χ1v) is 12.0. The predicted molar refractivity (Wildman–Crippen MR) is 127 cm³/mol. The Balaban J connectivity index is 1.42. The normalized spacial score (nSPS) is 28.5. The molecule has 1 N–H and O–H groups in total. The second kappa shape index (κ2) is 8.14. The molecule has 2 nitrogen and oxygen atoms in total. The lowest BCUT2D eigenvalue weighted by atomic mass is 9.55. The van der Waals surface area contributed by atoms with Crippen LogP contribution in [0.3, 0.4) is 0 Å². The number of phenols is 1. The third-order valence-electron chi connectivity index (χ3n) is 8.72. The van der Waals surface area contributed by atoms with Gasteiger partial charge in [0.05, 0.1) is 5.56 Å². The van der Waals surface area contributed by atoms with Gasteiger partial charge in [-0.1, -0.05) is 31.2 Å². The molecule has 0 spiro atoms. The first kappa shape index (κ1) is 22.9. The standard InChI is InChI=1S/C29H29F3O2/c1-17-6-10-25-23-9-7-18-16-27(34)20(15-24(18)22(23)12-13-28(17,25)2)8-11-26(33)19-4-3-5-21(14-19)29(30,31)32/h3-5,8,11,14-16,22-23,25,34H,1,6-7,9-10,12-13H2,2H3/b11-8+/t22-,23+,25-,28+/m0/s1. The summed E-state index contributed by atoms with van der Waals surface area (Å²) in [5.74, 6) is 1.24. The lowest BCUT2D eigenvalue weighted by Gasteiger charge is -2.49. The fourth-order valence-corrected chi connectivity index (χ4v) is 6.78. The van der Waals surface area contributed by atoms with Crippen LogP contribution in [0, 0.1) is 17.3 Å². The number of benzene rings is 2. The molecular formula is C29H29F3O2. The molecule has 0 radical (unpaired) electrons. The molecule has 0 saturated heterocycles. The molecule has 2 fully saturated rings. The van der Waals surface area contributed by atoms with Crippen molar-refractivity contribution >= 4 is 11.9 Å². The van der Waals surface area contributed by atoms with Crippen LogP contribution in [0.25, 0.3) is 6.08 Å². The summed E-state index contributed by atoms with van der Waals surface area (Å²) in [6.45, 7) is 6.74. The molecule has 3 aliphatic rings. The van der Waals surface area contributed by atoms with Gasteiger partial charge in [0.15, 0.2) is 5.78 Å². The smallest absolute Gasteiger partial charge is 0.416 e. The molecule has 0 unspecified atom stereocenters. The quantitative estimate of drug-likeness (QED) is 0.286. The van der Waals surface area contributed by atoms with Crippen molar-refractivity contribution < 1.29 is 23.1 Å². The number of allylic oxidation sites excluding steroid dienone is 2. The van der Waals surface area contributed by atoms with Crippen molar-refractivity contribution in [1.29, 1.82) is 0 Å². The molecule has 5 rings (SSSR count). The van der Waals surface area contributed by atoms with Crippen LogP contribution in [0.4, 0.5) is 13.2 Å². The summed E-state index contributed by atoms with van der Waals surface area (Å²) in [6.07, 6.45) is 4.82. The fourth-order valence-electron chi connectivity index (χ4n) is 6.78. The Labute approximate surface area is 198 Å². The highest BCUT2D eigenvalue weighted by Gasteiger charge is 2.51. The zero-order chi connectivity index (χ0) is 24.3. The minimum Gasteiger partial charge on any atom is -0.507 e. The Morgan fingerprint density at radius 2 is 1.94 bits per heavy atom. The van der Waals surface area contributed by atoms with Gasteiger partial charge < -0.3 is 5.11 Å². The third kappa shape index (κ3) is 3.79. The minimum atomic E-state index is -4.50. The summed E-state index contributed by atoms with van der Waals surface area (Å²) in [5, 5.41) is 10.6. The molecule has 4 atom stereocenters. The number of phenolic OH excluding ortho intramolecular Hbond substituents is 1. The van der Waals surface area contributed by atoms with E-state index in [1.165, 1.54) is 47.4 Å². The number of carbonyl (C=O) groups excluding carboxylic acids is 1. The van der Waals surface area contributed by atoms with Crippen molar-refractivity contribution in [3.05, 3.63) is 82.4 Å². The number of halogens is 3. The number of aryl methyl sites for hydroxylation is 1. The lowest BCUT2D eigenvalue weighted by Crippen LogP contribution is -2.40. The van der Waals surface area contributed by atoms with E-state index in [1.54, 1.807) is 6.07 Å². The lowest BCUT2D eigenvalue weighted by molar-refractivity contribution is -0.137. The maximum absolute atomic E-state index is 13.0. The maximum atomic E-state index is 13.0. The molecule has 3 aliphatic carbocycles. The van der Waals surface area contributed by atoms with Crippen molar-refractivity contribution in [3.8, 4) is 5.75 Å². The van der Waals surface area contributed by atoms with Gasteiger partial charge in [-0.15, -0.1) is 0 Å². The highest BCUT2D eigenvalue weighted by molar-refractivity contribution is 6.07. The van der Waals surface area contributed by atoms with Crippen LogP contribution in [0.5, 0.6) is 5.75 Å². The number of hydrogen-bond donors (Lipinski definition) is 1. The van der Waals surface area contributed by atoms with Gasteiger partial charge >= 0.3 is 6.18 Å². The van der Waals surface area contributed by atoms with E-state index in [9.17, 15) is 23.1 Å². The van der Waals surface area contributed by atoms with Gasteiger partial charge in [0, 0.05) is 11.1 Å². The van der Waals surface area contributed by atoms with Crippen LogP contribution in [0.1, 0.15) is 77.6 Å². The van der Waals surface area contributed by atoms with E-state index < -0.39 is 17.5 Å². The van der Waals surface area contributed by atoms with Gasteiger partial charge in [-0.3, -0.25) is 4.79 Å². The Bertz CT molecular complexity index is 1190. The van der Waals surface area contributed by atoms with Crippen LogP contribution in [-0.2, 0) is 12.6 Å². The third-order valence-corrected chi connectivity index (χ3v) is 8.72. The topological polar surface area (TPSA) is 37.3 Å². The number of carbonyl (C=O) groups is 1. The van der Waals surface area contributed by atoms with Gasteiger partial charge in [-0.05, 0) is 109 Å². The van der Waals surface area contributed by atoms with Crippen molar-refractivity contribution in [2.45, 2.75) is 57.5 Å². The molecule has 2 aromatic rings. The van der Waals surface area contributed by atoms with E-state index in [-0.39, 0.29) is 16.7 Å². The predicted octanol–water partition coefficient (Wildman–Crippen LogP) is 7.72. The van der Waals surface area contributed by atoms with Crippen LogP contribution in [-0.4, -0.2) is 10.9 Å². The molecule has 5 heteroatoms. The van der Waals surface area contributed by atoms with E-state index in [1.807, 2.05) is 6.07 Å². The van der Waals surface area contributed by atoms with Crippen LogP contribution in [0.15, 0.2) is 54.6 Å². The molecule has 34 heavy (non-hydrogen) atoms. The molecule has 0 amide bonds. The average Bonchev–Trinajstić information content (AvgIpc) is 3.11. The molecular weight excluding hydrogens is 437 g/mol. The van der Waals surface area contributed by atoms with Gasteiger partial charge in [-0.2, -0.15) is 13.2 Å². The summed E-state index contributed by atoms with van der Waals surface area (Å²) in [6, 6.07) is 8.20. The van der Waals surface area contributed by atoms with Crippen LogP contribution in [0.2, 0.25) is 0 Å². The van der Waals surface area contributed by atoms with E-state index >= 15 is 0 Å². The van der Waals surface area contributed by atoms with Crippen molar-refractivity contribution in [2.24, 2.45) is 17.3 Å². The zero-order valence-corrected chi connectivity index (χ0v) is 19.3. The molecule has 2 aromatic carbocycles. The molecule has 0 aliphatic heterocycles. The summed E-state index contributed by atoms with van der Waals surface area (Å²) in [4.78, 5) is 12.6. The number of hydrogen-bond acceptors (Lipinski definition) is 2. The van der Waals surface area contributed by atoms with E-state index in [4.69, 9.17) is 0 Å². The first-order chi connectivity index (χ1) is 16.1. The van der Waals surface area contributed by atoms with E-state index in [0.29, 0.717) is 23.3 Å². The highest BCUT2D eigenvalue weighted by atomic mass is 19.4. The summed E-state index contributed by atoms with van der Waals surface area (Å²) >= 11 is 0. The molecule has 0 heterocycles. The van der Waals surface area contributed by atoms with Crippen molar-refractivity contribution in [1.82, 2.24) is 0 Å². The molecule has 178 valence electrons. The van der Waals surface area contributed by atoms with Crippen molar-refractivity contribution in [2.75, 3.05) is 0 Å². The Kier molecular flexibility index (Phi) is 5.50. The van der Waals surface area contributed by atoms with Gasteiger partial charge in [-0.25, -0.2) is 0 Å². The second-order valence-electron chi connectivity index (χ2n) is 10.4. The average molecular weight is 467 g/mol. The van der Waals surface area contributed by atoms with Gasteiger partial charge in [0.25, 0.3) is 0 Å². The van der Waals surface area contributed by atoms with E-state index in [0.717, 1.165) is 44.2 Å². The number of alkyl halides is 3. The molecule has 0 bridgehead atoms. The number of fused-ring (bicyclic) bond motifs is 5. The Morgan fingerprint density at radius 3 is 2.71 bits per heavy atom. The van der Waals surface area contributed by atoms with Crippen LogP contribution < -0.4 is 0 Å². The van der Waals surface area contributed by atoms with E-state index in [2.05, 4.69) is 13.5 Å². The minimum absolute atomic E-state index is 0.0309. The first-order valence-electron chi connectivity index (χ1n) is 12.0. The largest absolute Gasteiger partial charge is 0.507 e. The van der Waals surface area contributed by atoms with Gasteiger partial charge in [0.2, 0.25) is 0 Å². The maximum Gasteiger partial charge on any atom is 0.416 e. The second-order valence-corrected chi connectivity index (χ2v) is 10.4. The number of ketones is 1. The summed E-state index contributed by atoms with van der Waals surface area (Å²) in [5.41, 5.74) is 3.69. The SMILES string of the molecule is C=C1CC[C@H]2[C@@H]3CCc4cc(O)c(/C=C/C(=O)c5cccc(C(F)(F)F)c5)cc4[C@H]3CC[C@]12C. The molecule has 2 saturated carbocycles. The number of rotatable bonds is 3. The van der Waals surface area contributed by atoms with Gasteiger partial charge in [0.1, 0.15) is 5.75 Å². The fraction of sp³-hybridized carbons (Fsp3) is 0.414. The Hall–Kier alpha value is -2.82. The summed E-state index contributed by atoms with van der Waals surface area (Å²) in [7, 11) is 0.